The van der Waals surface area contributed by atoms with Gasteiger partial charge in [-0.2, -0.15) is 0 Å². The molecule has 1 fully saturated rings. The summed E-state index contributed by atoms with van der Waals surface area (Å²) in [6.45, 7) is 1.81. The van der Waals surface area contributed by atoms with Crippen molar-refractivity contribution in [3.8, 4) is 11.1 Å². The van der Waals surface area contributed by atoms with Gasteiger partial charge in [0.05, 0.1) is 5.56 Å². The van der Waals surface area contributed by atoms with E-state index in [1.54, 1.807) is 54.9 Å². The lowest BCUT2D eigenvalue weighted by Crippen LogP contribution is -2.49. The monoisotopic (exact) mass is 415 g/mol. The van der Waals surface area contributed by atoms with Crippen molar-refractivity contribution in [2.24, 2.45) is 5.92 Å². The highest BCUT2D eigenvalue weighted by Crippen LogP contribution is 2.37. The number of hydrogen-bond donors (Lipinski definition) is 1. The van der Waals surface area contributed by atoms with E-state index in [1.165, 1.54) is 0 Å². The van der Waals surface area contributed by atoms with E-state index in [2.05, 4.69) is 4.98 Å². The van der Waals surface area contributed by atoms with Crippen LogP contribution in [0.5, 0.6) is 0 Å². The molecule has 5 rings (SSSR count). The molecule has 3 aromatic rings. The first-order valence-electron chi connectivity index (χ1n) is 10.3. The predicted molar refractivity (Wildman–Crippen MR) is 114 cm³/mol. The second-order valence-corrected chi connectivity index (χ2v) is 8.24. The minimum atomic E-state index is -0.982. The summed E-state index contributed by atoms with van der Waals surface area (Å²) in [5.41, 5.74) is 3.28. The van der Waals surface area contributed by atoms with Gasteiger partial charge < -0.3 is 14.6 Å². The topological polar surface area (TPSA) is 92.5 Å². The highest BCUT2D eigenvalue weighted by molar-refractivity contribution is 5.94. The van der Waals surface area contributed by atoms with Crippen molar-refractivity contribution in [1.29, 1.82) is 0 Å². The first kappa shape index (κ1) is 19.2. The maximum atomic E-state index is 13.0. The fraction of sp³-hybridized carbons (Fsp3) is 0.250. The molecule has 7 heteroatoms. The number of amides is 1. The van der Waals surface area contributed by atoms with E-state index >= 15 is 0 Å². The summed E-state index contributed by atoms with van der Waals surface area (Å²) in [6.07, 6.45) is 4.19. The molecule has 31 heavy (non-hydrogen) atoms. The molecule has 2 atom stereocenters. The van der Waals surface area contributed by atoms with Crippen LogP contribution < -0.4 is 5.56 Å². The molecule has 0 unspecified atom stereocenters. The first-order valence-corrected chi connectivity index (χ1v) is 10.3. The molecule has 1 aromatic carbocycles. The minimum absolute atomic E-state index is 0.00619. The van der Waals surface area contributed by atoms with E-state index in [9.17, 15) is 14.4 Å². The van der Waals surface area contributed by atoms with E-state index in [0.717, 1.165) is 23.2 Å². The van der Waals surface area contributed by atoms with Crippen molar-refractivity contribution in [1.82, 2.24) is 14.5 Å². The van der Waals surface area contributed by atoms with Crippen molar-refractivity contribution < 1.29 is 14.7 Å². The number of benzene rings is 1. The Labute approximate surface area is 178 Å². The van der Waals surface area contributed by atoms with Gasteiger partial charge in [0.2, 0.25) is 0 Å². The summed E-state index contributed by atoms with van der Waals surface area (Å²) < 4.78 is 1.84. The predicted octanol–water partition coefficient (Wildman–Crippen LogP) is 2.87. The fourth-order valence-corrected chi connectivity index (χ4v) is 4.77. The Morgan fingerprint density at radius 1 is 0.903 bits per heavy atom. The van der Waals surface area contributed by atoms with Gasteiger partial charge in [-0.15, -0.1) is 0 Å². The molecular formula is C24H21N3O4. The van der Waals surface area contributed by atoms with Gasteiger partial charge >= 0.3 is 5.97 Å². The molecule has 2 aromatic heterocycles. The number of carboxylic acids is 1. The second kappa shape index (κ2) is 7.50. The maximum absolute atomic E-state index is 13.0. The molecule has 0 radical (unpaired) electrons. The molecule has 2 aliphatic heterocycles. The molecule has 7 nitrogen and oxygen atoms in total. The molecule has 2 aliphatic rings. The van der Waals surface area contributed by atoms with Crippen molar-refractivity contribution in [2.45, 2.75) is 18.9 Å². The van der Waals surface area contributed by atoms with Crippen molar-refractivity contribution >= 4 is 11.9 Å². The number of aromatic carboxylic acids is 1. The van der Waals surface area contributed by atoms with Crippen LogP contribution in [0.3, 0.4) is 0 Å². The SMILES string of the molecule is O=C(O)c1ccc(-c2cc3n(c(=O)c2)C[C@H]2C[C@@H]3CN(C(=O)c3ccncc3)C2)cc1. The fourth-order valence-electron chi connectivity index (χ4n) is 4.77. The van der Waals surface area contributed by atoms with Gasteiger partial charge in [0.15, 0.2) is 0 Å². The Morgan fingerprint density at radius 3 is 2.35 bits per heavy atom. The Hall–Kier alpha value is -3.74. The minimum Gasteiger partial charge on any atom is -0.478 e. The molecule has 0 saturated carbocycles. The van der Waals surface area contributed by atoms with Crippen molar-refractivity contribution in [2.75, 3.05) is 13.1 Å². The molecule has 1 amide bonds. The van der Waals surface area contributed by atoms with Gasteiger partial charge in [-0.3, -0.25) is 14.6 Å². The van der Waals surface area contributed by atoms with Crippen LogP contribution in [-0.2, 0) is 6.54 Å². The number of nitrogens with zero attached hydrogens (tertiary/aromatic N) is 3. The number of pyridine rings is 2. The first-order chi connectivity index (χ1) is 15.0. The highest BCUT2D eigenvalue weighted by Gasteiger charge is 2.36. The Bertz CT molecular complexity index is 1220. The average Bonchev–Trinajstić information content (AvgIpc) is 2.79. The number of aromatic nitrogens is 2. The van der Waals surface area contributed by atoms with Crippen LogP contribution in [0.2, 0.25) is 0 Å². The smallest absolute Gasteiger partial charge is 0.335 e. The van der Waals surface area contributed by atoms with E-state index in [-0.39, 0.29) is 28.9 Å². The standard InChI is InChI=1S/C24H21N3O4/c28-22-11-19(16-1-3-18(4-2-16)24(30)31)10-21-20-9-15(13-27(21)22)12-26(14-20)23(29)17-5-7-25-8-6-17/h1-8,10-11,15,20H,9,12-14H2,(H,30,31)/t15-,20+/m0/s1. The number of rotatable bonds is 3. The quantitative estimate of drug-likeness (QED) is 0.710. The number of carboxylic acid groups (broad SMARTS) is 1. The molecule has 1 N–H and O–H groups in total. The summed E-state index contributed by atoms with van der Waals surface area (Å²) in [5.74, 6) is -0.655. The molecule has 0 spiro atoms. The lowest BCUT2D eigenvalue weighted by atomic mass is 9.82. The third kappa shape index (κ3) is 3.52. The molecule has 2 bridgehead atoms. The summed E-state index contributed by atoms with van der Waals surface area (Å²) in [5, 5.41) is 9.11. The molecule has 4 heterocycles. The van der Waals surface area contributed by atoms with Crippen LogP contribution >= 0.6 is 0 Å². The number of carbonyl (C=O) groups excluding carboxylic acids is 1. The maximum Gasteiger partial charge on any atom is 0.335 e. The number of hydrogen-bond acceptors (Lipinski definition) is 4. The van der Waals surface area contributed by atoms with Crippen molar-refractivity contribution in [3.63, 3.8) is 0 Å². The van der Waals surface area contributed by atoms with Crippen LogP contribution in [0.15, 0.2) is 65.7 Å². The van der Waals surface area contributed by atoms with Crippen LogP contribution in [0, 0.1) is 5.92 Å². The summed E-state index contributed by atoms with van der Waals surface area (Å²) in [7, 11) is 0. The van der Waals surface area contributed by atoms with Gasteiger partial charge in [0.25, 0.3) is 11.5 Å². The molecular weight excluding hydrogens is 394 g/mol. The van der Waals surface area contributed by atoms with E-state index in [0.29, 0.717) is 25.2 Å². The average molecular weight is 415 g/mol. The van der Waals surface area contributed by atoms with E-state index in [4.69, 9.17) is 5.11 Å². The van der Waals surface area contributed by atoms with E-state index < -0.39 is 5.97 Å². The zero-order chi connectivity index (χ0) is 21.5. The molecule has 156 valence electrons. The summed E-state index contributed by atoms with van der Waals surface area (Å²) >= 11 is 0. The van der Waals surface area contributed by atoms with Crippen LogP contribution in [0.4, 0.5) is 0 Å². The molecule has 0 aliphatic carbocycles. The second-order valence-electron chi connectivity index (χ2n) is 8.24. The largest absolute Gasteiger partial charge is 0.478 e. The third-order valence-electron chi connectivity index (χ3n) is 6.24. The van der Waals surface area contributed by atoms with Crippen LogP contribution in [0.1, 0.15) is 38.7 Å². The number of fused-ring (bicyclic) bond motifs is 4. The van der Waals surface area contributed by atoms with Gasteiger partial charge in [0.1, 0.15) is 0 Å². The van der Waals surface area contributed by atoms with Gasteiger partial charge in [-0.05, 0) is 53.8 Å². The zero-order valence-corrected chi connectivity index (χ0v) is 16.8. The van der Waals surface area contributed by atoms with Gasteiger partial charge in [-0.1, -0.05) is 12.1 Å². The Balaban J connectivity index is 1.47. The normalized spacial score (nSPS) is 19.5. The van der Waals surface area contributed by atoms with Crippen LogP contribution in [0.25, 0.3) is 11.1 Å². The third-order valence-corrected chi connectivity index (χ3v) is 6.24. The Kier molecular flexibility index (Phi) is 4.66. The Morgan fingerprint density at radius 2 is 1.65 bits per heavy atom. The van der Waals surface area contributed by atoms with E-state index in [1.807, 2.05) is 15.5 Å². The number of carbonyl (C=O) groups is 2. The molecule has 1 saturated heterocycles. The highest BCUT2D eigenvalue weighted by atomic mass is 16.4. The van der Waals surface area contributed by atoms with Gasteiger partial charge in [0, 0.05) is 55.3 Å². The zero-order valence-electron chi connectivity index (χ0n) is 16.8. The number of piperidine rings is 1. The lowest BCUT2D eigenvalue weighted by Gasteiger charge is -2.43. The van der Waals surface area contributed by atoms with Crippen LogP contribution in [-0.4, -0.2) is 44.5 Å². The summed E-state index contributed by atoms with van der Waals surface area (Å²) in [4.78, 5) is 42.8. The summed E-state index contributed by atoms with van der Waals surface area (Å²) in [6, 6.07) is 13.6. The lowest BCUT2D eigenvalue weighted by molar-refractivity contribution is 0.0594. The number of likely N-dealkylation sites (tertiary alicyclic amines) is 1. The van der Waals surface area contributed by atoms with Crippen molar-refractivity contribution in [3.05, 3.63) is 88.1 Å². The van der Waals surface area contributed by atoms with Gasteiger partial charge in [-0.25, -0.2) is 4.79 Å².